The van der Waals surface area contributed by atoms with Crippen LogP contribution in [0.1, 0.15) is 16.1 Å². The Bertz CT molecular complexity index is 920. The maximum Gasteiger partial charge on any atom is 0.271 e. The summed E-state index contributed by atoms with van der Waals surface area (Å²) >= 11 is 0. The molecule has 0 atom stereocenters. The van der Waals surface area contributed by atoms with E-state index < -0.39 is 10.8 Å². The van der Waals surface area contributed by atoms with Crippen molar-refractivity contribution in [2.24, 2.45) is 5.73 Å². The van der Waals surface area contributed by atoms with E-state index in [1.165, 1.54) is 12.1 Å². The van der Waals surface area contributed by atoms with E-state index >= 15 is 0 Å². The van der Waals surface area contributed by atoms with Crippen LogP contribution in [0.25, 0.3) is 11.3 Å². The number of rotatable bonds is 6. The van der Waals surface area contributed by atoms with Crippen LogP contribution in [0.3, 0.4) is 0 Å². The smallest absolute Gasteiger partial charge is 0.271 e. The van der Waals surface area contributed by atoms with Gasteiger partial charge in [-0.2, -0.15) is 15.4 Å². The second-order valence-corrected chi connectivity index (χ2v) is 5.13. The predicted octanol–water partition coefficient (Wildman–Crippen LogP) is 2.06. The zero-order valence-electron chi connectivity index (χ0n) is 12.9. The standard InChI is InChI=1S/C16H13N5O4/c17-16(22)15-14(18-20-19-15)11-2-1-3-13(8-11)25-9-10-4-6-12(7-5-10)21(23)24/h1-8H,9H2,(H2,17,22)(H,18,19,20). The highest BCUT2D eigenvalue weighted by Crippen LogP contribution is 2.24. The van der Waals surface area contributed by atoms with Gasteiger partial charge in [-0.1, -0.05) is 12.1 Å². The van der Waals surface area contributed by atoms with Gasteiger partial charge in [0.1, 0.15) is 18.1 Å². The number of benzene rings is 2. The number of hydrogen-bond acceptors (Lipinski definition) is 6. The maximum absolute atomic E-state index is 11.3. The number of ether oxygens (including phenoxy) is 1. The van der Waals surface area contributed by atoms with Crippen LogP contribution in [0.5, 0.6) is 5.75 Å². The van der Waals surface area contributed by atoms with Gasteiger partial charge in [0.05, 0.1) is 4.92 Å². The molecule has 9 heteroatoms. The Hall–Kier alpha value is -3.75. The highest BCUT2D eigenvalue weighted by Gasteiger charge is 2.15. The van der Waals surface area contributed by atoms with Gasteiger partial charge in [0.25, 0.3) is 11.6 Å². The van der Waals surface area contributed by atoms with Crippen molar-refractivity contribution >= 4 is 11.6 Å². The number of carbonyl (C=O) groups excluding carboxylic acids is 1. The quantitative estimate of drug-likeness (QED) is 0.521. The van der Waals surface area contributed by atoms with Crippen LogP contribution in [0.4, 0.5) is 5.69 Å². The molecule has 3 N–H and O–H groups in total. The number of aromatic nitrogens is 3. The Morgan fingerprint density at radius 3 is 2.64 bits per heavy atom. The van der Waals surface area contributed by atoms with Crippen molar-refractivity contribution < 1.29 is 14.5 Å². The number of hydrogen-bond donors (Lipinski definition) is 2. The number of non-ortho nitro benzene ring substituents is 1. The second-order valence-electron chi connectivity index (χ2n) is 5.13. The Kier molecular flexibility index (Phi) is 4.38. The number of aromatic amines is 1. The number of H-pyrrole nitrogens is 1. The zero-order valence-corrected chi connectivity index (χ0v) is 12.9. The van der Waals surface area contributed by atoms with Crippen molar-refractivity contribution in [2.75, 3.05) is 0 Å². The average Bonchev–Trinajstić information content (AvgIpc) is 3.11. The first kappa shape index (κ1) is 16.1. The van der Waals surface area contributed by atoms with Crippen LogP contribution in [-0.4, -0.2) is 26.2 Å². The van der Waals surface area contributed by atoms with Gasteiger partial charge in [0.2, 0.25) is 0 Å². The van der Waals surface area contributed by atoms with Crippen LogP contribution in [0, 0.1) is 10.1 Å². The molecule has 0 unspecified atom stereocenters. The van der Waals surface area contributed by atoms with Gasteiger partial charge >= 0.3 is 0 Å². The lowest BCUT2D eigenvalue weighted by atomic mass is 10.1. The van der Waals surface area contributed by atoms with Crippen LogP contribution >= 0.6 is 0 Å². The first-order chi connectivity index (χ1) is 12.0. The summed E-state index contributed by atoms with van der Waals surface area (Å²) in [5.74, 6) is -0.129. The molecule has 3 aromatic rings. The van der Waals surface area contributed by atoms with E-state index in [-0.39, 0.29) is 18.0 Å². The minimum Gasteiger partial charge on any atom is -0.489 e. The number of nitrogens with zero attached hydrogens (tertiary/aromatic N) is 3. The van der Waals surface area contributed by atoms with Crippen molar-refractivity contribution in [1.29, 1.82) is 0 Å². The summed E-state index contributed by atoms with van der Waals surface area (Å²) in [6, 6.07) is 13.1. The van der Waals surface area contributed by atoms with Gasteiger partial charge in [0.15, 0.2) is 5.69 Å². The molecule has 9 nitrogen and oxygen atoms in total. The summed E-state index contributed by atoms with van der Waals surface area (Å²) < 4.78 is 5.69. The molecule has 126 valence electrons. The SMILES string of the molecule is NC(=O)c1n[nH]nc1-c1cccc(OCc2ccc([N+](=O)[O-])cc2)c1. The van der Waals surface area contributed by atoms with E-state index in [1.54, 1.807) is 36.4 Å². The van der Waals surface area contributed by atoms with Crippen molar-refractivity contribution in [3.8, 4) is 17.0 Å². The number of nitro groups is 1. The molecule has 0 aliphatic heterocycles. The number of amides is 1. The molecular weight excluding hydrogens is 326 g/mol. The molecule has 25 heavy (non-hydrogen) atoms. The third-order valence-electron chi connectivity index (χ3n) is 3.44. The summed E-state index contributed by atoms with van der Waals surface area (Å²) in [5, 5.41) is 20.7. The number of nitro benzene ring substituents is 1. The monoisotopic (exact) mass is 339 g/mol. The Labute approximate surface area is 141 Å². The van der Waals surface area contributed by atoms with Crippen molar-refractivity contribution in [3.63, 3.8) is 0 Å². The average molecular weight is 339 g/mol. The molecule has 0 spiro atoms. The minimum absolute atomic E-state index is 0.0239. The summed E-state index contributed by atoms with van der Waals surface area (Å²) in [4.78, 5) is 21.5. The van der Waals surface area contributed by atoms with E-state index in [4.69, 9.17) is 10.5 Å². The first-order valence-electron chi connectivity index (χ1n) is 7.22. The Morgan fingerprint density at radius 1 is 1.20 bits per heavy atom. The molecule has 1 heterocycles. The van der Waals surface area contributed by atoms with Gasteiger partial charge in [-0.05, 0) is 29.8 Å². The van der Waals surface area contributed by atoms with Crippen molar-refractivity contribution in [2.45, 2.75) is 6.61 Å². The van der Waals surface area contributed by atoms with Crippen LogP contribution in [0.2, 0.25) is 0 Å². The summed E-state index contributed by atoms with van der Waals surface area (Å²) in [6.45, 7) is 0.239. The second kappa shape index (κ2) is 6.79. The Balaban J connectivity index is 1.75. The molecule has 0 saturated heterocycles. The molecule has 0 bridgehead atoms. The van der Waals surface area contributed by atoms with Gasteiger partial charge in [-0.3, -0.25) is 14.9 Å². The minimum atomic E-state index is -0.680. The lowest BCUT2D eigenvalue weighted by Gasteiger charge is -2.07. The van der Waals surface area contributed by atoms with E-state index in [0.717, 1.165) is 5.56 Å². The molecule has 0 radical (unpaired) electrons. The van der Waals surface area contributed by atoms with E-state index in [0.29, 0.717) is 17.0 Å². The lowest BCUT2D eigenvalue weighted by Crippen LogP contribution is -2.12. The maximum atomic E-state index is 11.3. The van der Waals surface area contributed by atoms with Gasteiger partial charge < -0.3 is 10.5 Å². The predicted molar refractivity (Wildman–Crippen MR) is 87.8 cm³/mol. The summed E-state index contributed by atoms with van der Waals surface area (Å²) in [5.41, 5.74) is 7.09. The van der Waals surface area contributed by atoms with E-state index in [9.17, 15) is 14.9 Å². The summed E-state index contributed by atoms with van der Waals surface area (Å²) in [7, 11) is 0. The van der Waals surface area contributed by atoms with Crippen molar-refractivity contribution in [1.82, 2.24) is 15.4 Å². The fraction of sp³-hybridized carbons (Fsp3) is 0.0625. The Morgan fingerprint density at radius 2 is 1.96 bits per heavy atom. The third kappa shape index (κ3) is 3.61. The van der Waals surface area contributed by atoms with Crippen LogP contribution in [-0.2, 0) is 6.61 Å². The molecule has 1 aromatic heterocycles. The van der Waals surface area contributed by atoms with Crippen LogP contribution < -0.4 is 10.5 Å². The third-order valence-corrected chi connectivity index (χ3v) is 3.44. The fourth-order valence-electron chi connectivity index (χ4n) is 2.22. The van der Waals surface area contributed by atoms with Crippen LogP contribution in [0.15, 0.2) is 48.5 Å². The first-order valence-corrected chi connectivity index (χ1v) is 7.22. The number of nitrogens with two attached hydrogens (primary N) is 1. The number of primary amides is 1. The van der Waals surface area contributed by atoms with E-state index in [2.05, 4.69) is 15.4 Å². The zero-order chi connectivity index (χ0) is 17.8. The molecule has 0 aliphatic carbocycles. The number of nitrogens with one attached hydrogen (secondary N) is 1. The van der Waals surface area contributed by atoms with Gasteiger partial charge in [0, 0.05) is 17.7 Å². The van der Waals surface area contributed by atoms with E-state index in [1.807, 2.05) is 0 Å². The highest BCUT2D eigenvalue weighted by atomic mass is 16.6. The molecule has 2 aromatic carbocycles. The topological polar surface area (TPSA) is 137 Å². The highest BCUT2D eigenvalue weighted by molar-refractivity contribution is 5.96. The lowest BCUT2D eigenvalue weighted by molar-refractivity contribution is -0.384. The van der Waals surface area contributed by atoms with Gasteiger partial charge in [-0.25, -0.2) is 0 Å². The van der Waals surface area contributed by atoms with Gasteiger partial charge in [-0.15, -0.1) is 0 Å². The molecule has 0 saturated carbocycles. The fourth-order valence-corrected chi connectivity index (χ4v) is 2.22. The molecule has 0 aliphatic rings. The van der Waals surface area contributed by atoms with Crippen molar-refractivity contribution in [3.05, 3.63) is 69.9 Å². The summed E-state index contributed by atoms with van der Waals surface area (Å²) in [6.07, 6.45) is 0. The number of carbonyl (C=O) groups is 1. The normalized spacial score (nSPS) is 10.4. The molecule has 1 amide bonds. The largest absolute Gasteiger partial charge is 0.489 e. The molecule has 3 rings (SSSR count). The molecule has 0 fully saturated rings. The molecular formula is C16H13N5O4.